The lowest BCUT2D eigenvalue weighted by Crippen LogP contribution is -2.43. The predicted octanol–water partition coefficient (Wildman–Crippen LogP) is -1.00. The lowest BCUT2D eigenvalue weighted by atomic mass is 10.1. The Morgan fingerprint density at radius 1 is 1.36 bits per heavy atom. The summed E-state index contributed by atoms with van der Waals surface area (Å²) in [6.07, 6.45) is 0.955. The van der Waals surface area contributed by atoms with Crippen molar-refractivity contribution in [2.24, 2.45) is 0 Å². The van der Waals surface area contributed by atoms with Crippen LogP contribution in [0.3, 0.4) is 0 Å². The summed E-state index contributed by atoms with van der Waals surface area (Å²) in [5.74, 6) is -2.00. The summed E-state index contributed by atoms with van der Waals surface area (Å²) < 4.78 is 0.996. The third-order valence-electron chi connectivity index (χ3n) is 3.16. The number of nitrogens with one attached hydrogen (secondary N) is 1. The van der Waals surface area contributed by atoms with Gasteiger partial charge < -0.3 is 15.2 Å². The van der Waals surface area contributed by atoms with Crippen LogP contribution in [0.15, 0.2) is 29.1 Å². The zero-order valence-corrected chi connectivity index (χ0v) is 12.0. The molecule has 2 rings (SSSR count). The lowest BCUT2D eigenvalue weighted by molar-refractivity contribution is -0.304. The first-order valence-electron chi connectivity index (χ1n) is 6.86. The third kappa shape index (κ3) is 3.27. The van der Waals surface area contributed by atoms with Crippen molar-refractivity contribution < 1.29 is 14.7 Å². The van der Waals surface area contributed by atoms with E-state index in [1.54, 1.807) is 24.3 Å². The lowest BCUT2D eigenvalue weighted by Gasteiger charge is -2.17. The van der Waals surface area contributed by atoms with Crippen LogP contribution in [0.5, 0.6) is 0 Å². The van der Waals surface area contributed by atoms with E-state index in [0.717, 1.165) is 4.68 Å². The van der Waals surface area contributed by atoms with E-state index in [-0.39, 0.29) is 0 Å². The van der Waals surface area contributed by atoms with E-state index in [9.17, 15) is 19.5 Å². The normalized spacial score (nSPS) is 12.0. The Balaban J connectivity index is 2.40. The standard InChI is InChI=1S/C14H16N4O4/c1-2-5-11(13(21)15-8-12(19)20)18-14(22)9-6-3-4-7-10(9)16-17-18/h3-4,6-7,11H,2,5,8H2,1H3,(H,15,21)(H,19,20)/p-1/t11-/m0/s1. The van der Waals surface area contributed by atoms with Gasteiger partial charge in [0.2, 0.25) is 5.91 Å². The molecule has 0 fully saturated rings. The molecule has 0 unspecified atom stereocenters. The van der Waals surface area contributed by atoms with Gasteiger partial charge in [-0.15, -0.1) is 5.10 Å². The summed E-state index contributed by atoms with van der Waals surface area (Å²) in [6.45, 7) is 1.23. The zero-order chi connectivity index (χ0) is 16.1. The van der Waals surface area contributed by atoms with Crippen molar-refractivity contribution in [3.05, 3.63) is 34.6 Å². The fourth-order valence-electron chi connectivity index (χ4n) is 2.12. The Bertz CT molecular complexity index is 756. The smallest absolute Gasteiger partial charge is 0.278 e. The summed E-state index contributed by atoms with van der Waals surface area (Å²) >= 11 is 0. The first-order valence-corrected chi connectivity index (χ1v) is 6.86. The molecule has 0 aliphatic rings. The van der Waals surface area contributed by atoms with Gasteiger partial charge in [0, 0.05) is 0 Å². The van der Waals surface area contributed by atoms with E-state index in [1.165, 1.54) is 0 Å². The van der Waals surface area contributed by atoms with Crippen molar-refractivity contribution in [3.63, 3.8) is 0 Å². The highest BCUT2D eigenvalue weighted by molar-refractivity contribution is 5.84. The maximum atomic E-state index is 12.4. The van der Waals surface area contributed by atoms with Gasteiger partial charge in [-0.05, 0) is 18.6 Å². The number of aromatic nitrogens is 3. The van der Waals surface area contributed by atoms with E-state index in [2.05, 4.69) is 15.6 Å². The molecule has 1 aromatic carbocycles. The number of rotatable bonds is 6. The average molecular weight is 303 g/mol. The van der Waals surface area contributed by atoms with Crippen molar-refractivity contribution in [1.29, 1.82) is 0 Å². The Morgan fingerprint density at radius 2 is 2.09 bits per heavy atom. The summed E-state index contributed by atoms with van der Waals surface area (Å²) in [6, 6.07) is 5.77. The second-order valence-electron chi connectivity index (χ2n) is 4.75. The predicted molar refractivity (Wildman–Crippen MR) is 75.8 cm³/mol. The minimum atomic E-state index is -1.40. The molecule has 22 heavy (non-hydrogen) atoms. The van der Waals surface area contributed by atoms with E-state index < -0.39 is 30.0 Å². The van der Waals surface area contributed by atoms with Gasteiger partial charge >= 0.3 is 0 Å². The second kappa shape index (κ2) is 6.79. The van der Waals surface area contributed by atoms with Gasteiger partial charge in [0.05, 0.1) is 17.9 Å². The minimum absolute atomic E-state index is 0.339. The highest BCUT2D eigenvalue weighted by Crippen LogP contribution is 2.12. The number of carboxylic acid groups (broad SMARTS) is 1. The fourth-order valence-corrected chi connectivity index (χ4v) is 2.12. The van der Waals surface area contributed by atoms with Crippen LogP contribution < -0.4 is 16.0 Å². The Morgan fingerprint density at radius 3 is 2.77 bits per heavy atom. The Kier molecular flexibility index (Phi) is 4.82. The SMILES string of the molecule is CCC[C@@H](C(=O)NCC(=O)[O-])n1nnc2ccccc2c1=O. The highest BCUT2D eigenvalue weighted by Gasteiger charge is 2.22. The molecule has 1 N–H and O–H groups in total. The van der Waals surface area contributed by atoms with Gasteiger partial charge in [0.25, 0.3) is 5.56 Å². The number of hydrogen-bond donors (Lipinski definition) is 1. The molecule has 1 aromatic heterocycles. The molecule has 0 aliphatic heterocycles. The van der Waals surface area contributed by atoms with Gasteiger partial charge in [-0.1, -0.05) is 30.7 Å². The molecular formula is C14H15N4O4-. The van der Waals surface area contributed by atoms with Gasteiger partial charge in [-0.3, -0.25) is 9.59 Å². The number of amides is 1. The van der Waals surface area contributed by atoms with Crippen molar-refractivity contribution in [2.45, 2.75) is 25.8 Å². The largest absolute Gasteiger partial charge is 0.548 e. The number of carboxylic acids is 1. The van der Waals surface area contributed by atoms with Crippen LogP contribution in [0.1, 0.15) is 25.8 Å². The summed E-state index contributed by atoms with van der Waals surface area (Å²) in [5.41, 5.74) is 0.00166. The van der Waals surface area contributed by atoms with Crippen molar-refractivity contribution >= 4 is 22.8 Å². The van der Waals surface area contributed by atoms with Gasteiger partial charge in [0.1, 0.15) is 11.6 Å². The molecule has 1 amide bonds. The number of aliphatic carboxylic acids is 1. The van der Waals surface area contributed by atoms with Gasteiger partial charge in [0.15, 0.2) is 0 Å². The van der Waals surface area contributed by atoms with E-state index in [0.29, 0.717) is 23.7 Å². The molecule has 2 aromatic rings. The first-order chi connectivity index (χ1) is 10.5. The Hall–Kier alpha value is -2.77. The maximum Gasteiger partial charge on any atom is 0.278 e. The topological polar surface area (TPSA) is 117 Å². The molecule has 1 atom stereocenters. The molecule has 0 spiro atoms. The molecule has 0 bridgehead atoms. The van der Waals surface area contributed by atoms with Crippen molar-refractivity contribution in [2.75, 3.05) is 6.54 Å². The Labute approximate surface area is 125 Å². The quantitative estimate of drug-likeness (QED) is 0.731. The van der Waals surface area contributed by atoms with Crippen LogP contribution in [0.4, 0.5) is 0 Å². The molecule has 0 aliphatic carbocycles. The number of fused-ring (bicyclic) bond motifs is 1. The van der Waals surface area contributed by atoms with Crippen molar-refractivity contribution in [1.82, 2.24) is 20.3 Å². The van der Waals surface area contributed by atoms with Crippen LogP contribution in [0.2, 0.25) is 0 Å². The molecule has 8 nitrogen and oxygen atoms in total. The van der Waals surface area contributed by atoms with Crippen LogP contribution in [0, 0.1) is 0 Å². The van der Waals surface area contributed by atoms with Gasteiger partial charge in [-0.2, -0.15) is 4.68 Å². The fraction of sp³-hybridized carbons (Fsp3) is 0.357. The van der Waals surface area contributed by atoms with Crippen LogP contribution >= 0.6 is 0 Å². The summed E-state index contributed by atoms with van der Waals surface area (Å²) in [7, 11) is 0. The van der Waals surface area contributed by atoms with E-state index >= 15 is 0 Å². The number of benzene rings is 1. The summed E-state index contributed by atoms with van der Waals surface area (Å²) in [5, 5.41) is 20.7. The highest BCUT2D eigenvalue weighted by atomic mass is 16.4. The zero-order valence-electron chi connectivity index (χ0n) is 12.0. The molecule has 116 valence electrons. The molecule has 0 saturated carbocycles. The summed E-state index contributed by atoms with van der Waals surface area (Å²) in [4.78, 5) is 35.0. The van der Waals surface area contributed by atoms with Crippen molar-refractivity contribution in [3.8, 4) is 0 Å². The maximum absolute atomic E-state index is 12.4. The minimum Gasteiger partial charge on any atom is -0.548 e. The number of nitrogens with zero attached hydrogens (tertiary/aromatic N) is 3. The van der Waals surface area contributed by atoms with Gasteiger partial charge in [-0.25, -0.2) is 0 Å². The third-order valence-corrected chi connectivity index (χ3v) is 3.16. The van der Waals surface area contributed by atoms with E-state index in [4.69, 9.17) is 0 Å². The van der Waals surface area contributed by atoms with Crippen LogP contribution in [-0.4, -0.2) is 33.4 Å². The van der Waals surface area contributed by atoms with Crippen LogP contribution in [0.25, 0.3) is 10.9 Å². The average Bonchev–Trinajstić information content (AvgIpc) is 2.51. The molecular weight excluding hydrogens is 288 g/mol. The molecule has 8 heteroatoms. The van der Waals surface area contributed by atoms with Crippen LogP contribution in [-0.2, 0) is 9.59 Å². The molecule has 1 heterocycles. The second-order valence-corrected chi connectivity index (χ2v) is 4.75. The molecule has 0 radical (unpaired) electrons. The number of carbonyl (C=O) groups is 2. The first kappa shape index (κ1) is 15.6. The monoisotopic (exact) mass is 303 g/mol. The number of carbonyl (C=O) groups excluding carboxylic acids is 2. The molecule has 0 saturated heterocycles. The van der Waals surface area contributed by atoms with E-state index in [1.807, 2.05) is 6.92 Å². The number of hydrogen-bond acceptors (Lipinski definition) is 6.